The van der Waals surface area contributed by atoms with Crippen LogP contribution in [0.5, 0.6) is 0 Å². The number of aryl methyl sites for hydroxylation is 1. The summed E-state index contributed by atoms with van der Waals surface area (Å²) >= 11 is 1.74. The van der Waals surface area contributed by atoms with Gasteiger partial charge in [0, 0.05) is 29.2 Å². The molecule has 2 nitrogen and oxygen atoms in total. The van der Waals surface area contributed by atoms with Crippen LogP contribution < -0.4 is 5.73 Å². The van der Waals surface area contributed by atoms with E-state index in [1.165, 1.54) is 10.4 Å². The van der Waals surface area contributed by atoms with Crippen LogP contribution in [0, 0.1) is 6.92 Å². The predicted octanol–water partition coefficient (Wildman–Crippen LogP) is 2.69. The number of hydrogen-bond donors (Lipinski definition) is 1. The van der Waals surface area contributed by atoms with Crippen LogP contribution in [0.4, 0.5) is 0 Å². The molecule has 2 aromatic heterocycles. The molecule has 0 radical (unpaired) electrons. The fraction of sp³-hybridized carbons (Fsp3) is 0.250. The zero-order chi connectivity index (χ0) is 10.7. The summed E-state index contributed by atoms with van der Waals surface area (Å²) in [6, 6.07) is 8.10. The lowest BCUT2D eigenvalue weighted by Gasteiger charge is -2.10. The molecule has 2 rings (SSSR count). The lowest BCUT2D eigenvalue weighted by molar-refractivity contribution is 0.705. The van der Waals surface area contributed by atoms with Crippen LogP contribution in [-0.4, -0.2) is 4.98 Å². The maximum atomic E-state index is 6.14. The van der Waals surface area contributed by atoms with Crippen LogP contribution in [0.1, 0.15) is 22.2 Å². The Bertz CT molecular complexity index is 422. The highest BCUT2D eigenvalue weighted by Crippen LogP contribution is 2.23. The first-order chi connectivity index (χ1) is 7.27. The van der Waals surface area contributed by atoms with E-state index in [-0.39, 0.29) is 6.04 Å². The highest BCUT2D eigenvalue weighted by Gasteiger charge is 2.10. The maximum absolute atomic E-state index is 6.14. The Kier molecular flexibility index (Phi) is 3.14. The van der Waals surface area contributed by atoms with Crippen molar-refractivity contribution in [2.75, 3.05) is 0 Å². The maximum Gasteiger partial charge on any atom is 0.0422 e. The van der Waals surface area contributed by atoms with Crippen LogP contribution in [-0.2, 0) is 6.42 Å². The fourth-order valence-corrected chi connectivity index (χ4v) is 2.41. The highest BCUT2D eigenvalue weighted by atomic mass is 32.1. The summed E-state index contributed by atoms with van der Waals surface area (Å²) in [4.78, 5) is 5.59. The van der Waals surface area contributed by atoms with Crippen molar-refractivity contribution >= 4 is 11.3 Å². The molecule has 2 heterocycles. The predicted molar refractivity (Wildman–Crippen MR) is 63.9 cm³/mol. The molecular formula is C12H14N2S. The molecule has 0 bridgehead atoms. The smallest absolute Gasteiger partial charge is 0.0422 e. The van der Waals surface area contributed by atoms with E-state index in [4.69, 9.17) is 5.73 Å². The van der Waals surface area contributed by atoms with E-state index in [1.807, 2.05) is 24.4 Å². The molecule has 0 aliphatic rings. The van der Waals surface area contributed by atoms with Gasteiger partial charge < -0.3 is 5.73 Å². The summed E-state index contributed by atoms with van der Waals surface area (Å²) in [7, 11) is 0. The minimum Gasteiger partial charge on any atom is -0.324 e. The standard InChI is InChI=1S/C12H14N2S/c1-9-11(5-7-15-9)12(13)8-10-4-2-3-6-14-10/h2-7,12H,8,13H2,1H3. The quantitative estimate of drug-likeness (QED) is 0.860. The van der Waals surface area contributed by atoms with E-state index in [0.29, 0.717) is 0 Å². The third-order valence-corrected chi connectivity index (χ3v) is 3.32. The van der Waals surface area contributed by atoms with Gasteiger partial charge >= 0.3 is 0 Å². The number of pyridine rings is 1. The third kappa shape index (κ3) is 2.43. The molecule has 0 amide bonds. The zero-order valence-corrected chi connectivity index (χ0v) is 9.50. The monoisotopic (exact) mass is 218 g/mol. The van der Waals surface area contributed by atoms with Crippen molar-refractivity contribution in [3.63, 3.8) is 0 Å². The van der Waals surface area contributed by atoms with Crippen molar-refractivity contribution in [2.45, 2.75) is 19.4 Å². The summed E-state index contributed by atoms with van der Waals surface area (Å²) in [6.07, 6.45) is 2.61. The van der Waals surface area contributed by atoms with Crippen LogP contribution in [0.3, 0.4) is 0 Å². The van der Waals surface area contributed by atoms with Gasteiger partial charge in [-0.25, -0.2) is 0 Å². The molecule has 0 fully saturated rings. The van der Waals surface area contributed by atoms with Gasteiger partial charge in [-0.2, -0.15) is 0 Å². The molecule has 3 heteroatoms. The Balaban J connectivity index is 2.11. The number of hydrogen-bond acceptors (Lipinski definition) is 3. The second-order valence-electron chi connectivity index (χ2n) is 3.56. The normalized spacial score (nSPS) is 12.7. The molecule has 0 saturated carbocycles. The lowest BCUT2D eigenvalue weighted by Crippen LogP contribution is -2.14. The summed E-state index contributed by atoms with van der Waals surface area (Å²) < 4.78 is 0. The third-order valence-electron chi connectivity index (χ3n) is 2.45. The minimum atomic E-state index is 0.0612. The number of thiophene rings is 1. The van der Waals surface area contributed by atoms with E-state index < -0.39 is 0 Å². The first kappa shape index (κ1) is 10.3. The van der Waals surface area contributed by atoms with Crippen molar-refractivity contribution < 1.29 is 0 Å². The van der Waals surface area contributed by atoms with Gasteiger partial charge in [-0.1, -0.05) is 6.07 Å². The molecule has 15 heavy (non-hydrogen) atoms. The Morgan fingerprint density at radius 1 is 1.40 bits per heavy atom. The molecular weight excluding hydrogens is 204 g/mol. The van der Waals surface area contributed by atoms with Gasteiger partial charge in [0.25, 0.3) is 0 Å². The molecule has 0 saturated heterocycles. The molecule has 78 valence electrons. The number of aromatic nitrogens is 1. The largest absolute Gasteiger partial charge is 0.324 e. The number of rotatable bonds is 3. The zero-order valence-electron chi connectivity index (χ0n) is 8.68. The van der Waals surface area contributed by atoms with Crippen LogP contribution in [0.2, 0.25) is 0 Å². The Morgan fingerprint density at radius 2 is 2.27 bits per heavy atom. The van der Waals surface area contributed by atoms with Crippen molar-refractivity contribution in [3.8, 4) is 0 Å². The summed E-state index contributed by atoms with van der Waals surface area (Å²) in [6.45, 7) is 2.11. The average molecular weight is 218 g/mol. The summed E-state index contributed by atoms with van der Waals surface area (Å²) in [5.74, 6) is 0. The van der Waals surface area contributed by atoms with Gasteiger partial charge in [-0.05, 0) is 36.1 Å². The van der Waals surface area contributed by atoms with E-state index >= 15 is 0 Å². The number of nitrogens with two attached hydrogens (primary N) is 1. The molecule has 1 unspecified atom stereocenters. The molecule has 2 N–H and O–H groups in total. The van der Waals surface area contributed by atoms with Crippen LogP contribution in [0.25, 0.3) is 0 Å². The average Bonchev–Trinajstić information content (AvgIpc) is 2.66. The lowest BCUT2D eigenvalue weighted by atomic mass is 10.0. The van der Waals surface area contributed by atoms with Gasteiger partial charge in [0.2, 0.25) is 0 Å². The van der Waals surface area contributed by atoms with E-state index in [9.17, 15) is 0 Å². The van der Waals surface area contributed by atoms with Gasteiger partial charge in [-0.15, -0.1) is 11.3 Å². The molecule has 0 spiro atoms. The topological polar surface area (TPSA) is 38.9 Å². The Labute approximate surface area is 93.8 Å². The molecule has 1 atom stereocenters. The molecule has 0 aromatic carbocycles. The van der Waals surface area contributed by atoms with Gasteiger partial charge in [0.15, 0.2) is 0 Å². The van der Waals surface area contributed by atoms with E-state index in [0.717, 1.165) is 12.1 Å². The molecule has 0 aliphatic carbocycles. The van der Waals surface area contributed by atoms with Crippen molar-refractivity contribution in [3.05, 3.63) is 52.0 Å². The van der Waals surface area contributed by atoms with E-state index in [1.54, 1.807) is 11.3 Å². The Hall–Kier alpha value is -1.19. The van der Waals surface area contributed by atoms with Crippen LogP contribution in [0.15, 0.2) is 35.8 Å². The summed E-state index contributed by atoms with van der Waals surface area (Å²) in [5.41, 5.74) is 8.43. The van der Waals surface area contributed by atoms with Crippen LogP contribution >= 0.6 is 11.3 Å². The van der Waals surface area contributed by atoms with Crippen molar-refractivity contribution in [2.24, 2.45) is 5.73 Å². The number of nitrogens with zero attached hydrogens (tertiary/aromatic N) is 1. The van der Waals surface area contributed by atoms with E-state index in [2.05, 4.69) is 23.4 Å². The van der Waals surface area contributed by atoms with Gasteiger partial charge in [-0.3, -0.25) is 4.98 Å². The minimum absolute atomic E-state index is 0.0612. The fourth-order valence-electron chi connectivity index (χ4n) is 1.63. The van der Waals surface area contributed by atoms with Crippen molar-refractivity contribution in [1.29, 1.82) is 0 Å². The first-order valence-corrected chi connectivity index (χ1v) is 5.85. The Morgan fingerprint density at radius 3 is 2.87 bits per heavy atom. The second-order valence-corrected chi connectivity index (χ2v) is 4.68. The first-order valence-electron chi connectivity index (χ1n) is 4.97. The SMILES string of the molecule is Cc1sccc1C(N)Cc1ccccn1. The second kappa shape index (κ2) is 4.55. The summed E-state index contributed by atoms with van der Waals surface area (Å²) in [5, 5.41) is 2.09. The van der Waals surface area contributed by atoms with Gasteiger partial charge in [0.1, 0.15) is 0 Å². The van der Waals surface area contributed by atoms with Gasteiger partial charge in [0.05, 0.1) is 0 Å². The molecule has 0 aliphatic heterocycles. The van der Waals surface area contributed by atoms with Crippen molar-refractivity contribution in [1.82, 2.24) is 4.98 Å². The highest BCUT2D eigenvalue weighted by molar-refractivity contribution is 7.10. The molecule has 2 aromatic rings.